The van der Waals surface area contributed by atoms with Gasteiger partial charge in [-0.2, -0.15) is 4.98 Å². The minimum Gasteiger partial charge on any atom is -0.424 e. The summed E-state index contributed by atoms with van der Waals surface area (Å²) >= 11 is 1.72. The van der Waals surface area contributed by atoms with E-state index in [2.05, 4.69) is 34.3 Å². The summed E-state index contributed by atoms with van der Waals surface area (Å²) < 4.78 is 5.38. The Balaban J connectivity index is 1.33. The predicted molar refractivity (Wildman–Crippen MR) is 126 cm³/mol. The van der Waals surface area contributed by atoms with Gasteiger partial charge in [0, 0.05) is 19.1 Å². The Labute approximate surface area is 186 Å². The van der Waals surface area contributed by atoms with Crippen LogP contribution in [0.4, 0.5) is 6.01 Å². The van der Waals surface area contributed by atoms with Crippen LogP contribution >= 0.6 is 11.8 Å². The fourth-order valence-corrected chi connectivity index (χ4v) is 5.51. The van der Waals surface area contributed by atoms with E-state index in [1.807, 2.05) is 47.4 Å². The van der Waals surface area contributed by atoms with Gasteiger partial charge in [-0.1, -0.05) is 42.5 Å². The molecule has 3 heterocycles. The zero-order chi connectivity index (χ0) is 21.3. The summed E-state index contributed by atoms with van der Waals surface area (Å²) in [6.07, 6.45) is 3.09. The summed E-state index contributed by atoms with van der Waals surface area (Å²) in [5.74, 6) is 0.673. The molecule has 0 bridgehead atoms. The molecule has 6 nitrogen and oxygen atoms in total. The maximum Gasteiger partial charge on any atom is 0.295 e. The van der Waals surface area contributed by atoms with Crippen LogP contribution in [0.3, 0.4) is 0 Å². The second kappa shape index (κ2) is 8.38. The zero-order valence-electron chi connectivity index (χ0n) is 17.6. The van der Waals surface area contributed by atoms with Crippen LogP contribution in [0.25, 0.3) is 11.1 Å². The van der Waals surface area contributed by atoms with Crippen molar-refractivity contribution in [3.63, 3.8) is 0 Å². The predicted octanol–water partition coefficient (Wildman–Crippen LogP) is 4.68. The molecule has 0 saturated carbocycles. The highest BCUT2D eigenvalue weighted by Crippen LogP contribution is 2.42. The molecule has 3 aromatic rings. The third kappa shape index (κ3) is 3.82. The van der Waals surface area contributed by atoms with Gasteiger partial charge in [0.25, 0.3) is 11.9 Å². The van der Waals surface area contributed by atoms with Crippen molar-refractivity contribution in [2.75, 3.05) is 24.3 Å². The summed E-state index contributed by atoms with van der Waals surface area (Å²) in [7, 11) is 0. The summed E-state index contributed by atoms with van der Waals surface area (Å²) in [5, 5.41) is 3.31. The van der Waals surface area contributed by atoms with E-state index >= 15 is 0 Å². The van der Waals surface area contributed by atoms with Crippen LogP contribution in [0.2, 0.25) is 0 Å². The molecule has 160 valence electrons. The van der Waals surface area contributed by atoms with Gasteiger partial charge in [-0.05, 0) is 43.9 Å². The molecule has 5 rings (SSSR count). The van der Waals surface area contributed by atoms with Crippen LogP contribution in [0, 0.1) is 0 Å². The highest BCUT2D eigenvalue weighted by molar-refractivity contribution is 8.01. The number of oxazole rings is 1. The van der Waals surface area contributed by atoms with Gasteiger partial charge in [-0.25, -0.2) is 0 Å². The Kier molecular flexibility index (Phi) is 5.44. The summed E-state index contributed by atoms with van der Waals surface area (Å²) in [5.41, 5.74) is 3.38. The lowest BCUT2D eigenvalue weighted by Crippen LogP contribution is -2.52. The van der Waals surface area contributed by atoms with Gasteiger partial charge in [-0.15, -0.1) is 11.8 Å². The minimum absolute atomic E-state index is 0.0559. The number of nitrogens with zero attached hydrogens (tertiary/aromatic N) is 3. The molecule has 2 unspecified atom stereocenters. The number of aliphatic imine (C=N–C) groups is 1. The number of fused-ring (bicyclic) bond motifs is 1. The molecule has 1 N–H and O–H groups in total. The Morgan fingerprint density at radius 1 is 1.19 bits per heavy atom. The molecule has 1 saturated heterocycles. The van der Waals surface area contributed by atoms with Gasteiger partial charge in [-0.3, -0.25) is 9.79 Å². The molecular formula is C24H26N4O2S. The maximum atomic E-state index is 13.7. The fraction of sp³-hybridized carbons (Fsp3) is 0.375. The summed E-state index contributed by atoms with van der Waals surface area (Å²) in [6, 6.07) is 18.5. The smallest absolute Gasteiger partial charge is 0.295 e. The molecular weight excluding hydrogens is 408 g/mol. The average Bonchev–Trinajstić information content (AvgIpc) is 3.42. The van der Waals surface area contributed by atoms with Crippen molar-refractivity contribution in [2.45, 2.75) is 37.0 Å². The van der Waals surface area contributed by atoms with Crippen molar-refractivity contribution in [1.29, 1.82) is 0 Å². The van der Waals surface area contributed by atoms with Gasteiger partial charge in [0.1, 0.15) is 11.2 Å². The van der Waals surface area contributed by atoms with E-state index in [1.54, 1.807) is 11.8 Å². The molecule has 1 fully saturated rings. The largest absolute Gasteiger partial charge is 0.424 e. The minimum atomic E-state index is -0.409. The third-order valence-corrected chi connectivity index (χ3v) is 7.49. The van der Waals surface area contributed by atoms with E-state index in [0.717, 1.165) is 42.5 Å². The summed E-state index contributed by atoms with van der Waals surface area (Å²) in [4.78, 5) is 24.8. The molecule has 7 heteroatoms. The number of rotatable bonds is 5. The topological polar surface area (TPSA) is 70.7 Å². The van der Waals surface area contributed by atoms with Crippen molar-refractivity contribution in [2.24, 2.45) is 4.99 Å². The number of anilines is 1. The van der Waals surface area contributed by atoms with Crippen LogP contribution in [0.15, 0.2) is 64.0 Å². The first kappa shape index (κ1) is 20.1. The number of hydrogen-bond donors (Lipinski definition) is 1. The normalized spacial score (nSPS) is 23.7. The molecule has 2 atom stereocenters. The first-order valence-corrected chi connectivity index (χ1v) is 11.8. The maximum absolute atomic E-state index is 13.7. The van der Waals surface area contributed by atoms with Gasteiger partial charge in [0.05, 0.1) is 10.6 Å². The fourth-order valence-electron chi connectivity index (χ4n) is 4.46. The van der Waals surface area contributed by atoms with E-state index in [-0.39, 0.29) is 11.9 Å². The van der Waals surface area contributed by atoms with Crippen molar-refractivity contribution in [3.05, 3.63) is 60.2 Å². The molecule has 2 aliphatic heterocycles. The number of likely N-dealkylation sites (tertiary alicyclic amines) is 1. The van der Waals surface area contributed by atoms with Crippen molar-refractivity contribution < 1.29 is 9.21 Å². The van der Waals surface area contributed by atoms with Crippen LogP contribution in [-0.2, 0) is 9.54 Å². The Morgan fingerprint density at radius 3 is 2.84 bits per heavy atom. The SMILES string of the molecule is CC1(c2ccccc2)SCN=C1C(=O)N1CCCCC1CNc1nc2ccccc2o1. The first-order chi connectivity index (χ1) is 15.1. The second-order valence-electron chi connectivity index (χ2n) is 8.20. The number of nitrogens with one attached hydrogen (secondary N) is 1. The Bertz CT molecular complexity index is 1080. The number of aromatic nitrogens is 1. The zero-order valence-corrected chi connectivity index (χ0v) is 18.4. The number of carbonyl (C=O) groups excluding carboxylic acids is 1. The molecule has 2 aromatic carbocycles. The number of para-hydroxylation sites is 2. The lowest BCUT2D eigenvalue weighted by atomic mass is 9.92. The molecule has 1 amide bonds. The standard InChI is InChI=1S/C24H26N4O2S/c1-24(17-9-3-2-4-10-17)21(26-16-31-24)22(29)28-14-8-7-11-18(28)15-25-23-27-19-12-5-6-13-20(19)30-23/h2-6,9-10,12-13,18H,7-8,11,14-16H2,1H3,(H,25,27). The quantitative estimate of drug-likeness (QED) is 0.631. The van der Waals surface area contributed by atoms with Crippen LogP contribution in [0.1, 0.15) is 31.7 Å². The van der Waals surface area contributed by atoms with E-state index in [4.69, 9.17) is 4.42 Å². The molecule has 0 radical (unpaired) electrons. The molecule has 0 aliphatic carbocycles. The van der Waals surface area contributed by atoms with Crippen molar-refractivity contribution in [1.82, 2.24) is 9.88 Å². The van der Waals surface area contributed by atoms with Crippen LogP contribution < -0.4 is 5.32 Å². The van der Waals surface area contributed by atoms with E-state index in [0.29, 0.717) is 24.1 Å². The number of amides is 1. The van der Waals surface area contributed by atoms with E-state index in [9.17, 15) is 4.79 Å². The lowest BCUT2D eigenvalue weighted by molar-refractivity contribution is -0.127. The van der Waals surface area contributed by atoms with Gasteiger partial charge in [0.15, 0.2) is 5.58 Å². The molecule has 0 spiro atoms. The van der Waals surface area contributed by atoms with Crippen LogP contribution in [0.5, 0.6) is 0 Å². The average molecular weight is 435 g/mol. The van der Waals surface area contributed by atoms with Gasteiger partial charge < -0.3 is 14.6 Å². The Morgan fingerprint density at radius 2 is 2.00 bits per heavy atom. The van der Waals surface area contributed by atoms with Gasteiger partial charge in [0.2, 0.25) is 0 Å². The van der Waals surface area contributed by atoms with Crippen molar-refractivity contribution in [3.8, 4) is 0 Å². The molecule has 31 heavy (non-hydrogen) atoms. The van der Waals surface area contributed by atoms with E-state index < -0.39 is 4.75 Å². The highest BCUT2D eigenvalue weighted by atomic mass is 32.2. The number of piperidine rings is 1. The number of hydrogen-bond acceptors (Lipinski definition) is 6. The van der Waals surface area contributed by atoms with Gasteiger partial charge >= 0.3 is 0 Å². The van der Waals surface area contributed by atoms with Crippen LogP contribution in [-0.4, -0.2) is 46.5 Å². The lowest BCUT2D eigenvalue weighted by Gasteiger charge is -2.37. The Hall–Kier alpha value is -2.80. The number of thioether (sulfide) groups is 1. The second-order valence-corrected chi connectivity index (χ2v) is 9.56. The number of benzene rings is 2. The summed E-state index contributed by atoms with van der Waals surface area (Å²) in [6.45, 7) is 3.49. The molecule has 1 aromatic heterocycles. The first-order valence-electron chi connectivity index (χ1n) is 10.8. The monoisotopic (exact) mass is 434 g/mol. The highest BCUT2D eigenvalue weighted by Gasteiger charge is 2.44. The van der Waals surface area contributed by atoms with E-state index in [1.165, 1.54) is 0 Å². The van der Waals surface area contributed by atoms with Crippen molar-refractivity contribution >= 4 is 40.5 Å². The number of carbonyl (C=O) groups is 1. The third-order valence-electron chi connectivity index (χ3n) is 6.23. The molecule has 2 aliphatic rings.